The number of ether oxygens (including phenoxy) is 1. The highest BCUT2D eigenvalue weighted by Crippen LogP contribution is 2.33. The molecule has 0 saturated carbocycles. The molecule has 2 aromatic heterocycles. The average Bonchev–Trinajstić information content (AvgIpc) is 3.02. The Bertz CT molecular complexity index is 1000. The maximum Gasteiger partial charge on any atom is 0.328 e. The number of rotatable bonds is 4. The maximum atomic E-state index is 13.1. The molecule has 0 radical (unpaired) electrons. The summed E-state index contributed by atoms with van der Waals surface area (Å²) >= 11 is 1.44. The summed E-state index contributed by atoms with van der Waals surface area (Å²) in [6, 6.07) is 5.45. The molecule has 0 aliphatic rings. The molecule has 0 fully saturated rings. The number of hydrogen-bond donors (Lipinski definition) is 0. The van der Waals surface area contributed by atoms with Gasteiger partial charge >= 0.3 is 5.97 Å². The number of nitrogens with zero attached hydrogens (tertiary/aromatic N) is 2. The van der Waals surface area contributed by atoms with Gasteiger partial charge in [0.25, 0.3) is 5.56 Å². The van der Waals surface area contributed by atoms with Crippen LogP contribution in [0.3, 0.4) is 0 Å². The van der Waals surface area contributed by atoms with Gasteiger partial charge in [-0.15, -0.1) is 11.3 Å². The molecule has 0 spiro atoms. The second kappa shape index (κ2) is 6.80. The number of carbonyl (C=O) groups excluding carboxylic acids is 1. The topological polar surface area (TPSA) is 61.2 Å². The standard InChI is InChI=1S/C19H20N2O3S/c1-5-24-19(23)13(4)21-10-20-17-16(18(21)22)15(9-25-17)14-8-11(2)6-7-12(14)3/h6-10,13H,5H2,1-4H3/t13-/m0/s1. The van der Waals surface area contributed by atoms with Crippen molar-refractivity contribution in [2.24, 2.45) is 0 Å². The molecule has 0 aliphatic heterocycles. The number of aromatic nitrogens is 2. The van der Waals surface area contributed by atoms with E-state index in [1.807, 2.05) is 31.4 Å². The SMILES string of the molecule is CCOC(=O)[C@H](C)n1cnc2scc(-c3cc(C)ccc3C)c2c1=O. The third kappa shape index (κ3) is 3.09. The van der Waals surface area contributed by atoms with Gasteiger partial charge in [0, 0.05) is 10.9 Å². The molecule has 1 aromatic carbocycles. The Kier molecular flexibility index (Phi) is 4.72. The van der Waals surface area contributed by atoms with E-state index < -0.39 is 12.0 Å². The zero-order chi connectivity index (χ0) is 18.1. The van der Waals surface area contributed by atoms with Gasteiger partial charge in [0.05, 0.1) is 18.3 Å². The molecule has 6 heteroatoms. The summed E-state index contributed by atoms with van der Waals surface area (Å²) in [4.78, 5) is 30.1. The highest BCUT2D eigenvalue weighted by atomic mass is 32.1. The van der Waals surface area contributed by atoms with Gasteiger partial charge in [-0.1, -0.05) is 23.8 Å². The van der Waals surface area contributed by atoms with Crippen LogP contribution in [0.1, 0.15) is 31.0 Å². The first-order valence-corrected chi connectivity index (χ1v) is 9.04. The number of benzene rings is 1. The third-order valence-electron chi connectivity index (χ3n) is 4.25. The summed E-state index contributed by atoms with van der Waals surface area (Å²) in [7, 11) is 0. The lowest BCUT2D eigenvalue weighted by atomic mass is 9.99. The predicted molar refractivity (Wildman–Crippen MR) is 100 cm³/mol. The normalized spacial score (nSPS) is 12.3. The lowest BCUT2D eigenvalue weighted by Gasteiger charge is -2.13. The summed E-state index contributed by atoms with van der Waals surface area (Å²) in [5, 5.41) is 2.51. The van der Waals surface area contributed by atoms with E-state index in [4.69, 9.17) is 4.74 Å². The van der Waals surface area contributed by atoms with Crippen LogP contribution in [0.15, 0.2) is 34.7 Å². The van der Waals surface area contributed by atoms with Gasteiger partial charge in [-0.3, -0.25) is 9.36 Å². The zero-order valence-corrected chi connectivity index (χ0v) is 15.5. The van der Waals surface area contributed by atoms with Crippen LogP contribution in [0.4, 0.5) is 0 Å². The third-order valence-corrected chi connectivity index (χ3v) is 5.13. The van der Waals surface area contributed by atoms with Crippen molar-refractivity contribution >= 4 is 27.5 Å². The molecule has 0 amide bonds. The van der Waals surface area contributed by atoms with Crippen molar-refractivity contribution in [3.8, 4) is 11.1 Å². The highest BCUT2D eigenvalue weighted by molar-refractivity contribution is 7.17. The number of thiophene rings is 1. The molecular formula is C19H20N2O3S. The van der Waals surface area contributed by atoms with Crippen LogP contribution in [0, 0.1) is 13.8 Å². The molecule has 2 heterocycles. The molecule has 0 aliphatic carbocycles. The van der Waals surface area contributed by atoms with Gasteiger partial charge in [0.2, 0.25) is 0 Å². The minimum absolute atomic E-state index is 0.220. The first kappa shape index (κ1) is 17.4. The van der Waals surface area contributed by atoms with Gasteiger partial charge < -0.3 is 4.74 Å². The maximum absolute atomic E-state index is 13.1. The molecule has 3 aromatic rings. The number of aryl methyl sites for hydroxylation is 2. The summed E-state index contributed by atoms with van der Waals surface area (Å²) in [5.41, 5.74) is 3.89. The number of hydrogen-bond acceptors (Lipinski definition) is 5. The molecule has 0 bridgehead atoms. The minimum Gasteiger partial charge on any atom is -0.464 e. The molecule has 130 valence electrons. The first-order valence-electron chi connectivity index (χ1n) is 8.16. The monoisotopic (exact) mass is 356 g/mol. The van der Waals surface area contributed by atoms with E-state index in [0.29, 0.717) is 10.2 Å². The largest absolute Gasteiger partial charge is 0.464 e. The van der Waals surface area contributed by atoms with Crippen LogP contribution in [-0.2, 0) is 9.53 Å². The molecule has 25 heavy (non-hydrogen) atoms. The van der Waals surface area contributed by atoms with E-state index in [-0.39, 0.29) is 12.2 Å². The van der Waals surface area contributed by atoms with Crippen molar-refractivity contribution in [3.05, 3.63) is 51.4 Å². The molecule has 3 rings (SSSR count). The van der Waals surface area contributed by atoms with E-state index in [9.17, 15) is 9.59 Å². The smallest absolute Gasteiger partial charge is 0.328 e. The Morgan fingerprint density at radius 3 is 2.80 bits per heavy atom. The quantitative estimate of drug-likeness (QED) is 0.666. The van der Waals surface area contributed by atoms with Gasteiger partial charge in [-0.05, 0) is 38.8 Å². The fourth-order valence-corrected chi connectivity index (χ4v) is 3.72. The van der Waals surface area contributed by atoms with Gasteiger partial charge in [0.15, 0.2) is 0 Å². The lowest BCUT2D eigenvalue weighted by molar-refractivity contribution is -0.146. The van der Waals surface area contributed by atoms with Crippen molar-refractivity contribution in [2.45, 2.75) is 33.7 Å². The summed E-state index contributed by atoms with van der Waals surface area (Å²) in [6.45, 7) is 7.72. The van der Waals surface area contributed by atoms with Crippen LogP contribution in [0.25, 0.3) is 21.3 Å². The number of carbonyl (C=O) groups is 1. The molecule has 0 saturated heterocycles. The molecule has 5 nitrogen and oxygen atoms in total. The minimum atomic E-state index is -0.712. The van der Waals surface area contributed by atoms with Gasteiger partial charge in [-0.2, -0.15) is 0 Å². The number of fused-ring (bicyclic) bond motifs is 1. The van der Waals surface area contributed by atoms with Gasteiger partial charge in [0.1, 0.15) is 10.9 Å². The fraction of sp³-hybridized carbons (Fsp3) is 0.316. The molecule has 0 N–H and O–H groups in total. The number of esters is 1. The second-order valence-electron chi connectivity index (χ2n) is 6.03. The Labute approximate surface area is 149 Å². The molecule has 0 unspecified atom stereocenters. The molecular weight excluding hydrogens is 336 g/mol. The van der Waals surface area contributed by atoms with E-state index in [1.54, 1.807) is 13.8 Å². The van der Waals surface area contributed by atoms with Crippen molar-refractivity contribution < 1.29 is 9.53 Å². The second-order valence-corrected chi connectivity index (χ2v) is 6.89. The summed E-state index contributed by atoms with van der Waals surface area (Å²) in [5.74, 6) is -0.436. The molecule has 1 atom stereocenters. The van der Waals surface area contributed by atoms with E-state index >= 15 is 0 Å². The van der Waals surface area contributed by atoms with Gasteiger partial charge in [-0.25, -0.2) is 9.78 Å². The van der Waals surface area contributed by atoms with E-state index in [2.05, 4.69) is 11.1 Å². The summed E-state index contributed by atoms with van der Waals surface area (Å²) < 4.78 is 6.38. The predicted octanol–water partition coefficient (Wildman–Crippen LogP) is 3.87. The van der Waals surface area contributed by atoms with Crippen LogP contribution < -0.4 is 5.56 Å². The first-order chi connectivity index (χ1) is 11.9. The van der Waals surface area contributed by atoms with Crippen LogP contribution in [0.5, 0.6) is 0 Å². The van der Waals surface area contributed by atoms with Crippen molar-refractivity contribution in [2.75, 3.05) is 6.61 Å². The fourth-order valence-electron chi connectivity index (χ4n) is 2.82. The van der Waals surface area contributed by atoms with Crippen molar-refractivity contribution in [1.29, 1.82) is 0 Å². The van der Waals surface area contributed by atoms with Crippen molar-refractivity contribution in [3.63, 3.8) is 0 Å². The van der Waals surface area contributed by atoms with Crippen LogP contribution >= 0.6 is 11.3 Å². The highest BCUT2D eigenvalue weighted by Gasteiger charge is 2.21. The summed E-state index contributed by atoms with van der Waals surface area (Å²) in [6.07, 6.45) is 1.43. The Hall–Kier alpha value is -2.47. The van der Waals surface area contributed by atoms with Crippen LogP contribution in [0.2, 0.25) is 0 Å². The Balaban J connectivity index is 2.20. The Morgan fingerprint density at radius 2 is 2.08 bits per heavy atom. The average molecular weight is 356 g/mol. The van der Waals surface area contributed by atoms with Crippen molar-refractivity contribution in [1.82, 2.24) is 9.55 Å². The Morgan fingerprint density at radius 1 is 1.32 bits per heavy atom. The van der Waals surface area contributed by atoms with E-state index in [0.717, 1.165) is 22.3 Å². The zero-order valence-electron chi connectivity index (χ0n) is 14.7. The lowest BCUT2D eigenvalue weighted by Crippen LogP contribution is -2.29. The van der Waals surface area contributed by atoms with Crippen LogP contribution in [-0.4, -0.2) is 22.1 Å². The van der Waals surface area contributed by atoms with E-state index in [1.165, 1.54) is 22.2 Å².